The molecule has 11 heteroatoms. The van der Waals surface area contributed by atoms with Crippen LogP contribution in [0.2, 0.25) is 5.02 Å². The van der Waals surface area contributed by atoms with E-state index in [-0.39, 0.29) is 32.6 Å². The van der Waals surface area contributed by atoms with Gasteiger partial charge in [-0.3, -0.25) is 14.9 Å². The maximum absolute atomic E-state index is 13.1. The molecule has 1 aliphatic rings. The summed E-state index contributed by atoms with van der Waals surface area (Å²) >= 11 is 6.03. The van der Waals surface area contributed by atoms with Crippen LogP contribution in [0.4, 0.5) is 11.4 Å². The van der Waals surface area contributed by atoms with Crippen LogP contribution in [-0.4, -0.2) is 43.8 Å². The smallest absolute Gasteiger partial charge is 0.270 e. The monoisotopic (exact) mass is 467 g/mol. The summed E-state index contributed by atoms with van der Waals surface area (Å²) in [5, 5.41) is 13.4. The molecule has 9 nitrogen and oxygen atoms in total. The molecule has 0 saturated carbocycles. The number of nitro benzene ring substituents is 1. The minimum absolute atomic E-state index is 0.00935. The molecule has 3 rings (SSSR count). The Hall–Kier alpha value is -2.69. The zero-order valence-corrected chi connectivity index (χ0v) is 18.4. The van der Waals surface area contributed by atoms with Gasteiger partial charge >= 0.3 is 0 Å². The van der Waals surface area contributed by atoms with Crippen molar-refractivity contribution in [3.05, 3.63) is 57.1 Å². The van der Waals surface area contributed by atoms with Gasteiger partial charge in [-0.1, -0.05) is 24.4 Å². The summed E-state index contributed by atoms with van der Waals surface area (Å²) in [7, 11) is -2.34. The van der Waals surface area contributed by atoms with E-state index in [2.05, 4.69) is 5.32 Å². The Morgan fingerprint density at radius 1 is 1.13 bits per heavy atom. The first kappa shape index (κ1) is 23.0. The SMILES string of the molecule is COc1ccc(S(=O)(=O)N2CCCCCC2)cc1NC(=O)c1ccc([N+](=O)[O-])cc1Cl. The van der Waals surface area contributed by atoms with E-state index >= 15 is 0 Å². The van der Waals surface area contributed by atoms with Gasteiger partial charge in [0.05, 0.1) is 33.2 Å². The summed E-state index contributed by atoms with van der Waals surface area (Å²) in [5.41, 5.74) is -0.0856. The summed E-state index contributed by atoms with van der Waals surface area (Å²) in [6, 6.07) is 7.73. The van der Waals surface area contributed by atoms with E-state index in [0.29, 0.717) is 13.1 Å². The van der Waals surface area contributed by atoms with Crippen LogP contribution in [0.25, 0.3) is 0 Å². The molecule has 166 valence electrons. The Balaban J connectivity index is 1.90. The van der Waals surface area contributed by atoms with Crippen LogP contribution < -0.4 is 10.1 Å². The molecular weight excluding hydrogens is 446 g/mol. The van der Waals surface area contributed by atoms with Gasteiger partial charge in [-0.05, 0) is 37.1 Å². The second-order valence-corrected chi connectivity index (χ2v) is 9.40. The van der Waals surface area contributed by atoms with E-state index in [1.807, 2.05) is 0 Å². The zero-order chi connectivity index (χ0) is 22.6. The van der Waals surface area contributed by atoms with Crippen molar-refractivity contribution in [2.24, 2.45) is 0 Å². The number of benzene rings is 2. The van der Waals surface area contributed by atoms with E-state index in [1.54, 1.807) is 0 Å². The van der Waals surface area contributed by atoms with E-state index in [4.69, 9.17) is 16.3 Å². The van der Waals surface area contributed by atoms with Gasteiger partial charge in [0.2, 0.25) is 10.0 Å². The maximum Gasteiger partial charge on any atom is 0.270 e. The molecule has 1 fully saturated rings. The Labute approximate surface area is 185 Å². The van der Waals surface area contributed by atoms with Crippen LogP contribution in [0.5, 0.6) is 5.75 Å². The average Bonchev–Trinajstić information content (AvgIpc) is 3.03. The molecule has 0 bridgehead atoms. The van der Waals surface area contributed by atoms with Crippen LogP contribution in [0.3, 0.4) is 0 Å². The highest BCUT2D eigenvalue weighted by Crippen LogP contribution is 2.31. The van der Waals surface area contributed by atoms with E-state index in [1.165, 1.54) is 35.7 Å². The first-order chi connectivity index (χ1) is 14.7. The lowest BCUT2D eigenvalue weighted by Gasteiger charge is -2.21. The minimum Gasteiger partial charge on any atom is -0.495 e. The Kier molecular flexibility index (Phi) is 7.14. The van der Waals surface area contributed by atoms with E-state index < -0.39 is 20.9 Å². The first-order valence-corrected chi connectivity index (χ1v) is 11.5. The fraction of sp³-hybridized carbons (Fsp3) is 0.350. The number of hydrogen-bond acceptors (Lipinski definition) is 6. The Morgan fingerprint density at radius 3 is 2.39 bits per heavy atom. The van der Waals surface area contributed by atoms with Gasteiger partial charge < -0.3 is 10.1 Å². The number of rotatable bonds is 6. The quantitative estimate of drug-likeness (QED) is 0.505. The molecule has 0 atom stereocenters. The van der Waals surface area contributed by atoms with Crippen molar-refractivity contribution in [3.63, 3.8) is 0 Å². The van der Waals surface area contributed by atoms with Gasteiger partial charge in [0.15, 0.2) is 0 Å². The highest BCUT2D eigenvalue weighted by Gasteiger charge is 2.26. The Morgan fingerprint density at radius 2 is 1.81 bits per heavy atom. The fourth-order valence-corrected chi connectivity index (χ4v) is 5.17. The maximum atomic E-state index is 13.1. The molecule has 0 radical (unpaired) electrons. The summed E-state index contributed by atoms with van der Waals surface area (Å²) in [6.45, 7) is 0.906. The number of sulfonamides is 1. The van der Waals surface area contributed by atoms with Gasteiger partial charge in [0.1, 0.15) is 5.75 Å². The molecule has 2 aromatic rings. The number of amides is 1. The normalized spacial score (nSPS) is 15.2. The number of halogens is 1. The second-order valence-electron chi connectivity index (χ2n) is 7.06. The molecule has 0 unspecified atom stereocenters. The highest BCUT2D eigenvalue weighted by atomic mass is 35.5. The van der Waals surface area contributed by atoms with Gasteiger partial charge in [-0.25, -0.2) is 8.42 Å². The fourth-order valence-electron chi connectivity index (χ4n) is 3.37. The number of nitro groups is 1. The van der Waals surface area contributed by atoms with Crippen molar-refractivity contribution < 1.29 is 22.9 Å². The number of anilines is 1. The first-order valence-electron chi connectivity index (χ1n) is 9.67. The van der Waals surface area contributed by atoms with Crippen molar-refractivity contribution in [1.82, 2.24) is 4.31 Å². The van der Waals surface area contributed by atoms with Crippen molar-refractivity contribution in [2.75, 3.05) is 25.5 Å². The third kappa shape index (κ3) is 5.15. The standard InChI is InChI=1S/C20H22ClN3O6S/c1-30-19-9-7-15(31(28,29)23-10-4-2-3-5-11-23)13-18(19)22-20(25)16-8-6-14(24(26)27)12-17(16)21/h6-9,12-13H,2-5,10-11H2,1H3,(H,22,25). The number of nitrogens with one attached hydrogen (secondary N) is 1. The number of carbonyl (C=O) groups is 1. The summed E-state index contributed by atoms with van der Waals surface area (Å²) < 4.78 is 32.9. The van der Waals surface area contributed by atoms with Crippen LogP contribution in [-0.2, 0) is 10.0 Å². The topological polar surface area (TPSA) is 119 Å². The highest BCUT2D eigenvalue weighted by molar-refractivity contribution is 7.89. The van der Waals surface area contributed by atoms with Gasteiger partial charge in [0, 0.05) is 25.2 Å². The number of non-ortho nitro benzene ring substituents is 1. The van der Waals surface area contributed by atoms with Crippen molar-refractivity contribution >= 4 is 38.9 Å². The average molecular weight is 468 g/mol. The number of ether oxygens (including phenoxy) is 1. The van der Waals surface area contributed by atoms with Gasteiger partial charge in [-0.15, -0.1) is 0 Å². The largest absolute Gasteiger partial charge is 0.495 e. The molecule has 31 heavy (non-hydrogen) atoms. The van der Waals surface area contributed by atoms with Crippen LogP contribution in [0.15, 0.2) is 41.3 Å². The zero-order valence-electron chi connectivity index (χ0n) is 16.8. The molecule has 1 N–H and O–H groups in total. The molecule has 1 amide bonds. The van der Waals surface area contributed by atoms with Crippen molar-refractivity contribution in [2.45, 2.75) is 30.6 Å². The van der Waals surface area contributed by atoms with Gasteiger partial charge in [-0.2, -0.15) is 4.31 Å². The molecule has 0 aromatic heterocycles. The predicted octanol–water partition coefficient (Wildman–Crippen LogP) is 4.07. The minimum atomic E-state index is -3.73. The van der Waals surface area contributed by atoms with E-state index in [0.717, 1.165) is 37.8 Å². The van der Waals surface area contributed by atoms with Gasteiger partial charge in [0.25, 0.3) is 11.6 Å². The molecular formula is C20H22ClN3O6S. The number of nitrogens with zero attached hydrogens (tertiary/aromatic N) is 2. The predicted molar refractivity (Wildman–Crippen MR) is 116 cm³/mol. The molecule has 1 heterocycles. The molecule has 1 saturated heterocycles. The third-order valence-electron chi connectivity index (χ3n) is 5.03. The summed E-state index contributed by atoms with van der Waals surface area (Å²) in [4.78, 5) is 23.0. The number of carbonyl (C=O) groups excluding carboxylic acids is 1. The lowest BCUT2D eigenvalue weighted by atomic mass is 10.2. The lowest BCUT2D eigenvalue weighted by Crippen LogP contribution is -2.32. The molecule has 0 spiro atoms. The summed E-state index contributed by atoms with van der Waals surface area (Å²) in [5.74, 6) is -0.385. The van der Waals surface area contributed by atoms with E-state index in [9.17, 15) is 23.3 Å². The van der Waals surface area contributed by atoms with Crippen molar-refractivity contribution in [1.29, 1.82) is 0 Å². The Bertz CT molecular complexity index is 1100. The van der Waals surface area contributed by atoms with Crippen molar-refractivity contribution in [3.8, 4) is 5.75 Å². The molecule has 1 aliphatic heterocycles. The number of methoxy groups -OCH3 is 1. The lowest BCUT2D eigenvalue weighted by molar-refractivity contribution is -0.384. The third-order valence-corrected chi connectivity index (χ3v) is 7.24. The molecule has 2 aromatic carbocycles. The summed E-state index contributed by atoms with van der Waals surface area (Å²) in [6.07, 6.45) is 3.59. The van der Waals surface area contributed by atoms with Crippen LogP contribution in [0, 0.1) is 10.1 Å². The van der Waals surface area contributed by atoms with Crippen LogP contribution in [0.1, 0.15) is 36.0 Å². The number of hydrogen-bond donors (Lipinski definition) is 1. The van der Waals surface area contributed by atoms with Crippen LogP contribution >= 0.6 is 11.6 Å². The molecule has 0 aliphatic carbocycles. The second kappa shape index (κ2) is 9.63.